The second-order valence-corrected chi connectivity index (χ2v) is 5.69. The lowest BCUT2D eigenvalue weighted by molar-refractivity contribution is 0.0953. The molecule has 0 aliphatic carbocycles. The average Bonchev–Trinajstić information content (AvgIpc) is 2.53. The molecule has 4 heteroatoms. The zero-order chi connectivity index (χ0) is 15.1. The second-order valence-electron chi connectivity index (χ2n) is 5.69. The highest BCUT2D eigenvalue weighted by Crippen LogP contribution is 2.17. The molecule has 0 bridgehead atoms. The molecule has 1 heterocycles. The summed E-state index contributed by atoms with van der Waals surface area (Å²) in [6, 6.07) is 8.34. The molecule has 1 fully saturated rings. The molecule has 0 atom stereocenters. The Morgan fingerprint density at radius 3 is 2.71 bits per heavy atom. The standard InChI is InChI=1S/C17H27N3O/c1-3-10-18-17(21)14-6-5-7-16(13-14)19-15-8-11-20(4-2)12-9-15/h5-7,13,15,19H,3-4,8-12H2,1-2H3,(H,18,21). The van der Waals surface area contributed by atoms with Crippen molar-refractivity contribution in [3.05, 3.63) is 29.8 Å². The molecule has 0 spiro atoms. The van der Waals surface area contributed by atoms with E-state index in [4.69, 9.17) is 0 Å². The molecule has 1 amide bonds. The normalized spacial score (nSPS) is 16.7. The van der Waals surface area contributed by atoms with Gasteiger partial charge in [-0.25, -0.2) is 0 Å². The van der Waals surface area contributed by atoms with Crippen molar-refractivity contribution in [1.29, 1.82) is 0 Å². The molecule has 1 saturated heterocycles. The number of hydrogen-bond acceptors (Lipinski definition) is 3. The van der Waals surface area contributed by atoms with Gasteiger partial charge in [0.05, 0.1) is 0 Å². The number of likely N-dealkylation sites (tertiary alicyclic amines) is 1. The smallest absolute Gasteiger partial charge is 0.251 e. The van der Waals surface area contributed by atoms with E-state index in [1.807, 2.05) is 24.3 Å². The minimum atomic E-state index is 0.0151. The Morgan fingerprint density at radius 2 is 2.05 bits per heavy atom. The zero-order valence-electron chi connectivity index (χ0n) is 13.2. The second kappa shape index (κ2) is 8.03. The summed E-state index contributed by atoms with van der Waals surface area (Å²) in [6.45, 7) is 8.45. The van der Waals surface area contributed by atoms with Crippen molar-refractivity contribution in [1.82, 2.24) is 10.2 Å². The van der Waals surface area contributed by atoms with Gasteiger partial charge in [-0.3, -0.25) is 4.79 Å². The molecule has 0 saturated carbocycles. The Balaban J connectivity index is 1.90. The predicted molar refractivity (Wildman–Crippen MR) is 87.8 cm³/mol. The summed E-state index contributed by atoms with van der Waals surface area (Å²) < 4.78 is 0. The third-order valence-electron chi connectivity index (χ3n) is 4.07. The molecule has 0 aromatic heterocycles. The third-order valence-corrected chi connectivity index (χ3v) is 4.07. The first-order valence-electron chi connectivity index (χ1n) is 8.10. The van der Waals surface area contributed by atoms with Crippen LogP contribution in [0.1, 0.15) is 43.5 Å². The maximum atomic E-state index is 12.0. The largest absolute Gasteiger partial charge is 0.382 e. The maximum Gasteiger partial charge on any atom is 0.251 e. The number of amides is 1. The Labute approximate surface area is 127 Å². The first-order chi connectivity index (χ1) is 10.2. The van der Waals surface area contributed by atoms with Crippen LogP contribution in [-0.4, -0.2) is 43.0 Å². The van der Waals surface area contributed by atoms with Gasteiger partial charge in [0.2, 0.25) is 0 Å². The van der Waals surface area contributed by atoms with Gasteiger partial charge in [0.25, 0.3) is 5.91 Å². The van der Waals surface area contributed by atoms with Crippen LogP contribution in [0.2, 0.25) is 0 Å². The molecule has 4 nitrogen and oxygen atoms in total. The molecular formula is C17H27N3O. The van der Waals surface area contributed by atoms with E-state index in [9.17, 15) is 4.79 Å². The van der Waals surface area contributed by atoms with E-state index in [-0.39, 0.29) is 5.91 Å². The Hall–Kier alpha value is -1.55. The molecule has 21 heavy (non-hydrogen) atoms. The van der Waals surface area contributed by atoms with Crippen molar-refractivity contribution >= 4 is 11.6 Å². The van der Waals surface area contributed by atoms with Crippen molar-refractivity contribution in [2.24, 2.45) is 0 Å². The molecule has 0 radical (unpaired) electrons. The van der Waals surface area contributed by atoms with Gasteiger partial charge in [-0.1, -0.05) is 19.9 Å². The lowest BCUT2D eigenvalue weighted by Crippen LogP contribution is -2.38. The molecule has 116 valence electrons. The lowest BCUT2D eigenvalue weighted by atomic mass is 10.0. The van der Waals surface area contributed by atoms with E-state index in [2.05, 4.69) is 29.4 Å². The minimum absolute atomic E-state index is 0.0151. The fourth-order valence-corrected chi connectivity index (χ4v) is 2.72. The van der Waals surface area contributed by atoms with Crippen molar-refractivity contribution in [2.45, 2.75) is 39.2 Å². The molecule has 2 rings (SSSR count). The highest BCUT2D eigenvalue weighted by atomic mass is 16.1. The van der Waals surface area contributed by atoms with Crippen LogP contribution in [-0.2, 0) is 0 Å². The molecule has 1 aliphatic heterocycles. The summed E-state index contributed by atoms with van der Waals surface area (Å²) in [5.74, 6) is 0.0151. The van der Waals surface area contributed by atoms with Gasteiger partial charge in [0.15, 0.2) is 0 Å². The van der Waals surface area contributed by atoms with E-state index in [0.717, 1.165) is 43.9 Å². The maximum absolute atomic E-state index is 12.0. The number of nitrogens with zero attached hydrogens (tertiary/aromatic N) is 1. The Bertz CT molecular complexity index is 453. The number of hydrogen-bond donors (Lipinski definition) is 2. The highest BCUT2D eigenvalue weighted by molar-refractivity contribution is 5.95. The number of benzene rings is 1. The van der Waals surface area contributed by atoms with Gasteiger partial charge < -0.3 is 15.5 Å². The molecule has 1 aromatic rings. The average molecular weight is 289 g/mol. The van der Waals surface area contributed by atoms with Crippen LogP contribution in [0.5, 0.6) is 0 Å². The summed E-state index contributed by atoms with van der Waals surface area (Å²) in [7, 11) is 0. The predicted octanol–water partition coefficient (Wildman–Crippen LogP) is 2.72. The van der Waals surface area contributed by atoms with Crippen molar-refractivity contribution < 1.29 is 4.79 Å². The number of nitrogens with one attached hydrogen (secondary N) is 2. The SMILES string of the molecule is CCCNC(=O)c1cccc(NC2CCN(CC)CC2)c1. The summed E-state index contributed by atoms with van der Waals surface area (Å²) in [5, 5.41) is 6.49. The van der Waals surface area contributed by atoms with Gasteiger partial charge in [0.1, 0.15) is 0 Å². The highest BCUT2D eigenvalue weighted by Gasteiger charge is 2.17. The first kappa shape index (κ1) is 15.8. The summed E-state index contributed by atoms with van der Waals surface area (Å²) in [6.07, 6.45) is 3.29. The zero-order valence-corrected chi connectivity index (χ0v) is 13.2. The van der Waals surface area contributed by atoms with Crippen LogP contribution in [0.15, 0.2) is 24.3 Å². The van der Waals surface area contributed by atoms with Gasteiger partial charge >= 0.3 is 0 Å². The van der Waals surface area contributed by atoms with Crippen LogP contribution in [0, 0.1) is 0 Å². The summed E-state index contributed by atoms with van der Waals surface area (Å²) >= 11 is 0. The molecular weight excluding hydrogens is 262 g/mol. The Morgan fingerprint density at radius 1 is 1.29 bits per heavy atom. The fourth-order valence-electron chi connectivity index (χ4n) is 2.72. The van der Waals surface area contributed by atoms with E-state index >= 15 is 0 Å². The summed E-state index contributed by atoms with van der Waals surface area (Å²) in [4.78, 5) is 14.5. The number of carbonyl (C=O) groups is 1. The van der Waals surface area contributed by atoms with Crippen molar-refractivity contribution in [2.75, 3.05) is 31.5 Å². The number of rotatable bonds is 6. The molecule has 0 unspecified atom stereocenters. The molecule has 2 N–H and O–H groups in total. The van der Waals surface area contributed by atoms with E-state index < -0.39 is 0 Å². The van der Waals surface area contributed by atoms with Crippen LogP contribution in [0.25, 0.3) is 0 Å². The number of piperidine rings is 1. The first-order valence-corrected chi connectivity index (χ1v) is 8.10. The number of anilines is 1. The quantitative estimate of drug-likeness (QED) is 0.846. The van der Waals surface area contributed by atoms with Gasteiger partial charge in [0, 0.05) is 36.9 Å². The van der Waals surface area contributed by atoms with Crippen LogP contribution >= 0.6 is 0 Å². The lowest BCUT2D eigenvalue weighted by Gasteiger charge is -2.32. The molecule has 1 aliphatic rings. The van der Waals surface area contributed by atoms with Gasteiger partial charge in [-0.2, -0.15) is 0 Å². The topological polar surface area (TPSA) is 44.4 Å². The van der Waals surface area contributed by atoms with Crippen molar-refractivity contribution in [3.63, 3.8) is 0 Å². The third kappa shape index (κ3) is 4.74. The molecule has 1 aromatic carbocycles. The monoisotopic (exact) mass is 289 g/mol. The van der Waals surface area contributed by atoms with Crippen LogP contribution in [0.3, 0.4) is 0 Å². The van der Waals surface area contributed by atoms with Gasteiger partial charge in [-0.15, -0.1) is 0 Å². The van der Waals surface area contributed by atoms with Gasteiger partial charge in [-0.05, 0) is 44.0 Å². The minimum Gasteiger partial charge on any atom is -0.382 e. The number of carbonyl (C=O) groups excluding carboxylic acids is 1. The summed E-state index contributed by atoms with van der Waals surface area (Å²) in [5.41, 5.74) is 1.79. The van der Waals surface area contributed by atoms with E-state index in [1.165, 1.54) is 12.8 Å². The van der Waals surface area contributed by atoms with E-state index in [1.54, 1.807) is 0 Å². The van der Waals surface area contributed by atoms with Crippen LogP contribution in [0.4, 0.5) is 5.69 Å². The Kier molecular flexibility index (Phi) is 6.05. The van der Waals surface area contributed by atoms with Crippen molar-refractivity contribution in [3.8, 4) is 0 Å². The van der Waals surface area contributed by atoms with Crippen LogP contribution < -0.4 is 10.6 Å². The van der Waals surface area contributed by atoms with E-state index in [0.29, 0.717) is 6.04 Å². The fraction of sp³-hybridized carbons (Fsp3) is 0.588.